The van der Waals surface area contributed by atoms with Gasteiger partial charge in [0, 0.05) is 35.6 Å². The van der Waals surface area contributed by atoms with Crippen LogP contribution in [0.2, 0.25) is 0 Å². The maximum Gasteiger partial charge on any atom is 0.0652 e. The zero-order chi connectivity index (χ0) is 22.6. The number of fused-ring (bicyclic) bond motifs is 1. The molecule has 0 bridgehead atoms. The Bertz CT molecular complexity index is 1080. The number of pyridine rings is 1. The molecule has 3 aromatic rings. The molecule has 2 unspecified atom stereocenters. The number of hydrogen-bond acceptors (Lipinski definition) is 4. The van der Waals surface area contributed by atoms with Crippen LogP contribution >= 0.6 is 11.3 Å². The molecule has 1 saturated carbocycles. The van der Waals surface area contributed by atoms with E-state index < -0.39 is 0 Å². The predicted octanol–water partition coefficient (Wildman–Crippen LogP) is 6.81. The second-order valence-corrected chi connectivity index (χ2v) is 10.8. The molecule has 1 aliphatic heterocycles. The molecule has 2 aromatic heterocycles. The summed E-state index contributed by atoms with van der Waals surface area (Å²) in [5, 5.41) is 15.0. The highest BCUT2D eigenvalue weighted by molar-refractivity contribution is 7.17. The summed E-state index contributed by atoms with van der Waals surface area (Å²) in [5.41, 5.74) is 5.35. The first-order chi connectivity index (χ1) is 16.2. The standard InChI is InChI=1S/C29H36N2OS/c1-21-20-33-29-24(21)10-7-11-25(29)22-13-17-31(18-14-22)19-15-26(27-12-5-6-16-30-27)28(32)23-8-3-2-4-9-23/h5-7,10-13,16,20,23,26,28,32H,2-4,8-9,14-15,17-19H2,1H3. The average Bonchev–Trinajstić information content (AvgIpc) is 3.26. The second-order valence-electron chi connectivity index (χ2n) is 9.92. The summed E-state index contributed by atoms with van der Waals surface area (Å²) in [6, 6.07) is 12.9. The third-order valence-electron chi connectivity index (χ3n) is 7.80. The summed E-state index contributed by atoms with van der Waals surface area (Å²) in [4.78, 5) is 7.20. The average molecular weight is 461 g/mol. The molecular weight excluding hydrogens is 424 g/mol. The molecule has 2 atom stereocenters. The van der Waals surface area contributed by atoms with Crippen LogP contribution in [0, 0.1) is 12.8 Å². The van der Waals surface area contributed by atoms with E-state index in [4.69, 9.17) is 0 Å². The number of thiophene rings is 1. The van der Waals surface area contributed by atoms with Crippen molar-refractivity contribution >= 4 is 27.0 Å². The molecule has 1 aliphatic carbocycles. The number of nitrogens with zero attached hydrogens (tertiary/aromatic N) is 2. The fourth-order valence-electron chi connectivity index (χ4n) is 5.81. The summed E-state index contributed by atoms with van der Waals surface area (Å²) in [7, 11) is 0. The van der Waals surface area contributed by atoms with E-state index in [2.05, 4.69) is 58.6 Å². The Morgan fingerprint density at radius 1 is 1.12 bits per heavy atom. The highest BCUT2D eigenvalue weighted by atomic mass is 32.1. The smallest absolute Gasteiger partial charge is 0.0652 e. The molecule has 0 saturated heterocycles. The van der Waals surface area contributed by atoms with E-state index in [0.29, 0.717) is 5.92 Å². The normalized spacial score (nSPS) is 20.0. The molecule has 4 heteroatoms. The molecule has 1 aromatic carbocycles. The monoisotopic (exact) mass is 460 g/mol. The Morgan fingerprint density at radius 3 is 2.76 bits per heavy atom. The van der Waals surface area contributed by atoms with Crippen molar-refractivity contribution in [2.24, 2.45) is 5.92 Å². The van der Waals surface area contributed by atoms with Gasteiger partial charge in [0.2, 0.25) is 0 Å². The zero-order valence-corrected chi connectivity index (χ0v) is 20.6. The Hall–Kier alpha value is -2.01. The van der Waals surface area contributed by atoms with Crippen LogP contribution in [0.4, 0.5) is 0 Å². The van der Waals surface area contributed by atoms with Crippen molar-refractivity contribution in [1.29, 1.82) is 0 Å². The lowest BCUT2D eigenvalue weighted by molar-refractivity contribution is 0.0530. The van der Waals surface area contributed by atoms with Crippen LogP contribution in [0.5, 0.6) is 0 Å². The minimum absolute atomic E-state index is 0.127. The second kappa shape index (κ2) is 10.5. The third-order valence-corrected chi connectivity index (χ3v) is 8.95. The number of aliphatic hydroxyl groups excluding tert-OH is 1. The molecule has 3 nitrogen and oxygen atoms in total. The van der Waals surface area contributed by atoms with Gasteiger partial charge in [0.25, 0.3) is 0 Å². The lowest BCUT2D eigenvalue weighted by Gasteiger charge is -2.34. The molecule has 0 amide bonds. The topological polar surface area (TPSA) is 36.4 Å². The molecule has 3 heterocycles. The lowest BCUT2D eigenvalue weighted by atomic mass is 9.78. The van der Waals surface area contributed by atoms with E-state index in [9.17, 15) is 5.11 Å². The van der Waals surface area contributed by atoms with Crippen molar-refractivity contribution in [3.63, 3.8) is 0 Å². The molecule has 2 aliphatic rings. The number of aryl methyl sites for hydroxylation is 1. The molecule has 1 N–H and O–H groups in total. The van der Waals surface area contributed by atoms with Crippen LogP contribution in [0.25, 0.3) is 15.7 Å². The fraction of sp³-hybridized carbons (Fsp3) is 0.483. The van der Waals surface area contributed by atoms with Crippen molar-refractivity contribution < 1.29 is 5.11 Å². The molecule has 0 spiro atoms. The Balaban J connectivity index is 1.26. The van der Waals surface area contributed by atoms with Gasteiger partial charge >= 0.3 is 0 Å². The van der Waals surface area contributed by atoms with Crippen molar-refractivity contribution in [3.05, 3.63) is 70.9 Å². The van der Waals surface area contributed by atoms with Gasteiger partial charge in [-0.05, 0) is 84.7 Å². The van der Waals surface area contributed by atoms with Crippen LogP contribution in [0.15, 0.2) is 54.1 Å². The first-order valence-corrected chi connectivity index (χ1v) is 13.6. The molecule has 0 radical (unpaired) electrons. The van der Waals surface area contributed by atoms with Gasteiger partial charge in [-0.15, -0.1) is 11.3 Å². The summed E-state index contributed by atoms with van der Waals surface area (Å²) >= 11 is 1.87. The van der Waals surface area contributed by atoms with E-state index in [0.717, 1.165) is 51.0 Å². The van der Waals surface area contributed by atoms with Crippen LogP contribution < -0.4 is 0 Å². The predicted molar refractivity (Wildman–Crippen MR) is 140 cm³/mol. The number of benzene rings is 1. The highest BCUT2D eigenvalue weighted by Crippen LogP contribution is 2.36. The van der Waals surface area contributed by atoms with Crippen LogP contribution in [-0.2, 0) is 0 Å². The summed E-state index contributed by atoms with van der Waals surface area (Å²) in [6.07, 6.45) is 12.2. The quantitative estimate of drug-likeness (QED) is 0.421. The largest absolute Gasteiger partial charge is 0.392 e. The highest BCUT2D eigenvalue weighted by Gasteiger charge is 2.31. The fourth-order valence-corrected chi connectivity index (χ4v) is 6.92. The summed E-state index contributed by atoms with van der Waals surface area (Å²) in [6.45, 7) is 5.29. The first-order valence-electron chi connectivity index (χ1n) is 12.7. The van der Waals surface area contributed by atoms with E-state index in [-0.39, 0.29) is 12.0 Å². The first kappa shape index (κ1) is 22.8. The van der Waals surface area contributed by atoms with Crippen molar-refractivity contribution in [1.82, 2.24) is 9.88 Å². The number of hydrogen-bond donors (Lipinski definition) is 1. The maximum atomic E-state index is 11.3. The van der Waals surface area contributed by atoms with E-state index >= 15 is 0 Å². The Labute approximate surface area is 202 Å². The number of aliphatic hydroxyl groups is 1. The van der Waals surface area contributed by atoms with Gasteiger partial charge in [-0.3, -0.25) is 9.88 Å². The number of rotatable bonds is 7. The van der Waals surface area contributed by atoms with Gasteiger partial charge in [-0.1, -0.05) is 49.6 Å². The van der Waals surface area contributed by atoms with Crippen LogP contribution in [0.3, 0.4) is 0 Å². The number of aromatic nitrogens is 1. The zero-order valence-electron chi connectivity index (χ0n) is 19.7. The van der Waals surface area contributed by atoms with E-state index in [1.807, 2.05) is 23.6 Å². The third kappa shape index (κ3) is 5.08. The molecular formula is C29H36N2OS. The van der Waals surface area contributed by atoms with E-state index in [1.165, 1.54) is 46.0 Å². The van der Waals surface area contributed by atoms with Crippen LogP contribution in [-0.4, -0.2) is 40.7 Å². The van der Waals surface area contributed by atoms with E-state index in [1.54, 1.807) is 0 Å². The van der Waals surface area contributed by atoms with Gasteiger partial charge in [0.1, 0.15) is 0 Å². The Morgan fingerprint density at radius 2 is 2.00 bits per heavy atom. The minimum Gasteiger partial charge on any atom is -0.392 e. The van der Waals surface area contributed by atoms with Gasteiger partial charge < -0.3 is 5.11 Å². The van der Waals surface area contributed by atoms with Crippen molar-refractivity contribution in [3.8, 4) is 0 Å². The summed E-state index contributed by atoms with van der Waals surface area (Å²) < 4.78 is 1.43. The van der Waals surface area contributed by atoms with Gasteiger partial charge in [0.15, 0.2) is 0 Å². The molecule has 174 valence electrons. The summed E-state index contributed by atoms with van der Waals surface area (Å²) in [5.74, 6) is 0.552. The van der Waals surface area contributed by atoms with Gasteiger partial charge in [-0.25, -0.2) is 0 Å². The van der Waals surface area contributed by atoms with Crippen LogP contribution in [0.1, 0.15) is 67.7 Å². The molecule has 33 heavy (non-hydrogen) atoms. The lowest BCUT2D eigenvalue weighted by Crippen LogP contribution is -2.35. The van der Waals surface area contributed by atoms with Gasteiger partial charge in [-0.2, -0.15) is 0 Å². The van der Waals surface area contributed by atoms with Crippen molar-refractivity contribution in [2.75, 3.05) is 19.6 Å². The van der Waals surface area contributed by atoms with Crippen molar-refractivity contribution in [2.45, 2.75) is 63.9 Å². The SMILES string of the molecule is Cc1csc2c(C3=CCN(CCC(c4ccccn4)C(O)C4CCCCC4)CC3)cccc12. The van der Waals surface area contributed by atoms with Gasteiger partial charge in [0.05, 0.1) is 6.10 Å². The maximum absolute atomic E-state index is 11.3. The molecule has 1 fully saturated rings. The molecule has 5 rings (SSSR count). The minimum atomic E-state index is -0.282. The Kier molecular flexibility index (Phi) is 7.24.